The van der Waals surface area contributed by atoms with Crippen LogP contribution in [0.15, 0.2) is 121 Å². The minimum absolute atomic E-state index is 0. The first-order chi connectivity index (χ1) is 40.0. The van der Waals surface area contributed by atoms with Crippen molar-refractivity contribution in [2.75, 3.05) is 24.7 Å². The van der Waals surface area contributed by atoms with Crippen LogP contribution in [0.3, 0.4) is 0 Å². The number of ether oxygens (including phenoxy) is 4. The zero-order valence-electron chi connectivity index (χ0n) is 51.8. The Morgan fingerprint density at radius 1 is 0.325 bits per heavy atom. The third kappa shape index (κ3) is 43.8. The van der Waals surface area contributed by atoms with Crippen LogP contribution in [0.25, 0.3) is 0 Å². The second-order valence-electron chi connectivity index (χ2n) is 21.9. The molecule has 83 heavy (non-hydrogen) atoms. The van der Waals surface area contributed by atoms with Crippen molar-refractivity contribution < 1.29 is 57.3 Å². The van der Waals surface area contributed by atoms with Crippen molar-refractivity contribution in [3.8, 4) is 23.0 Å². The van der Waals surface area contributed by atoms with Crippen LogP contribution in [-0.4, -0.2) is 49.1 Å². The van der Waals surface area contributed by atoms with Gasteiger partial charge in [-0.25, -0.2) is 0 Å². The van der Waals surface area contributed by atoms with Gasteiger partial charge in [-0.15, -0.1) is 22.8 Å². The minimum atomic E-state index is -3.28. The van der Waals surface area contributed by atoms with Gasteiger partial charge >= 0.3 is 19.5 Å². The van der Waals surface area contributed by atoms with E-state index in [-0.39, 0.29) is 57.1 Å². The van der Waals surface area contributed by atoms with Crippen molar-refractivity contribution in [3.63, 3.8) is 0 Å². The third-order valence-electron chi connectivity index (χ3n) is 14.4. The summed E-state index contributed by atoms with van der Waals surface area (Å²) >= 11 is 13.4. The van der Waals surface area contributed by atoms with Gasteiger partial charge in [-0.3, -0.25) is 0 Å². The van der Waals surface area contributed by atoms with E-state index in [1.807, 2.05) is 121 Å². The molecule has 0 bridgehead atoms. The number of hydrogen-bond donors (Lipinski definition) is 0. The Balaban J connectivity index is 0.000000560. The zero-order chi connectivity index (χ0) is 58.9. The fourth-order valence-electron chi connectivity index (χ4n) is 9.56. The Labute approximate surface area is 537 Å². The van der Waals surface area contributed by atoms with Gasteiger partial charge in [-0.05, 0) is 99.9 Å². The first-order valence-electron chi connectivity index (χ1n) is 32.1. The number of benzene rings is 4. The molecule has 0 fully saturated rings. The molecule has 0 amide bonds. The molecule has 6 unspecified atom stereocenters. The number of hydrogen-bond acceptors (Lipinski definition) is 12. The van der Waals surface area contributed by atoms with Crippen molar-refractivity contribution in [1.29, 1.82) is 0 Å². The molecule has 4 rings (SSSR count). The van der Waals surface area contributed by atoms with Gasteiger partial charge in [0.15, 0.2) is 0 Å². The Hall–Kier alpha value is -1.46. The van der Waals surface area contributed by atoms with E-state index < -0.39 is 11.4 Å². The molecule has 0 saturated carbocycles. The molecule has 0 radical (unpaired) electrons. The molecule has 0 aliphatic carbocycles. The predicted octanol–water partition coefficient (Wildman–Crippen LogP) is 21.0. The van der Waals surface area contributed by atoms with Crippen molar-refractivity contribution in [1.82, 2.24) is 0 Å². The smallest absolute Gasteiger partial charge is 0.793 e. The van der Waals surface area contributed by atoms with Gasteiger partial charge in [0.25, 0.3) is 0 Å². The molecule has 0 heterocycles. The molecule has 4 aromatic rings. The molecule has 6 atom stereocenters. The minimum Gasteiger partial charge on any atom is -0.793 e. The maximum atomic E-state index is 13.3. The molecule has 0 aromatic heterocycles. The maximum Gasteiger partial charge on any atom is 2.00 e. The van der Waals surface area contributed by atoms with Gasteiger partial charge in [0.1, 0.15) is 47.4 Å². The number of para-hydroxylation sites is 4. The van der Waals surface area contributed by atoms with Crippen LogP contribution in [-0.2, 0) is 52.1 Å². The van der Waals surface area contributed by atoms with E-state index in [9.17, 15) is 9.79 Å². The van der Waals surface area contributed by atoms with E-state index in [0.29, 0.717) is 11.5 Å². The van der Waals surface area contributed by atoms with Crippen LogP contribution >= 0.6 is 34.2 Å². The van der Waals surface area contributed by atoms with E-state index in [4.69, 9.17) is 51.6 Å². The van der Waals surface area contributed by atoms with Gasteiger partial charge in [-0.2, -0.15) is 0 Å². The normalized spacial score (nSPS) is 14.1. The summed E-state index contributed by atoms with van der Waals surface area (Å²) in [4.78, 5) is 26.7. The summed E-state index contributed by atoms with van der Waals surface area (Å²) in [6, 6.07) is 39.4. The molecular formula is C68H108O8P2S4Zn. The molecule has 0 spiro atoms. The summed E-state index contributed by atoms with van der Waals surface area (Å²) in [5.41, 5.74) is -6.57. The van der Waals surface area contributed by atoms with Crippen molar-refractivity contribution in [2.45, 2.75) is 258 Å². The first-order valence-corrected chi connectivity index (χ1v) is 40.6. The van der Waals surface area contributed by atoms with Crippen molar-refractivity contribution in [2.24, 2.45) is 0 Å². The van der Waals surface area contributed by atoms with Gasteiger partial charge in [0.05, 0.1) is 13.2 Å². The van der Waals surface area contributed by atoms with Crippen LogP contribution in [0, 0.1) is 0 Å². The quantitative estimate of drug-likeness (QED) is 0.0239. The molecule has 15 heteroatoms. The molecule has 8 nitrogen and oxygen atoms in total. The second-order valence-corrected chi connectivity index (χ2v) is 34.1. The Kier molecular flexibility index (Phi) is 49.1. The van der Waals surface area contributed by atoms with Gasteiger partial charge in [0.2, 0.25) is 0 Å². The first kappa shape index (κ1) is 77.6. The van der Waals surface area contributed by atoms with E-state index >= 15 is 0 Å². The van der Waals surface area contributed by atoms with E-state index in [0.717, 1.165) is 74.4 Å². The number of rotatable bonds is 52. The van der Waals surface area contributed by atoms with Crippen LogP contribution in [0.4, 0.5) is 0 Å². The van der Waals surface area contributed by atoms with Crippen LogP contribution in [0.1, 0.15) is 233 Å². The molecule has 0 aliphatic heterocycles. The van der Waals surface area contributed by atoms with Crippen molar-refractivity contribution >= 4 is 57.8 Å². The summed E-state index contributed by atoms with van der Waals surface area (Å²) in [5, 5.41) is 0. The number of unbranched alkanes of at least 4 members (excludes halogenated alkanes) is 24. The fourth-order valence-corrected chi connectivity index (χ4v) is 15.9. The molecule has 0 saturated heterocycles. The maximum absolute atomic E-state index is 13.3. The topological polar surface area (TPSA) is 102 Å². The summed E-state index contributed by atoms with van der Waals surface area (Å²) in [5.74, 6) is 4.39. The Bertz CT molecular complexity index is 1850. The predicted molar refractivity (Wildman–Crippen MR) is 359 cm³/mol. The Morgan fingerprint density at radius 2 is 0.530 bits per heavy atom. The molecule has 0 N–H and O–H groups in total. The van der Waals surface area contributed by atoms with E-state index in [1.165, 1.54) is 177 Å². The van der Waals surface area contributed by atoms with Crippen LogP contribution in [0.2, 0.25) is 0 Å². The summed E-state index contributed by atoms with van der Waals surface area (Å²) in [6.45, 7) is 9.46. The standard InChI is InChI=1S/2C34H55O4PS2.Zn/c2*1-3-5-7-9-11-13-17-27-33(37-31-23-19-15-20-24-31)29-36-39(35,40)41-30-34(38-32-25-21-16-22-26-32)28-18-14-12-10-8-6-4-2;/h2*15-16,19-26,33-34H,3-14,17-18,27-30H2,1-2H3,(H,35,40);/q;;+2/p-2. The summed E-state index contributed by atoms with van der Waals surface area (Å²) in [6.07, 6.45) is 38.0. The zero-order valence-corrected chi connectivity index (χ0v) is 59.8. The molecule has 464 valence electrons. The monoisotopic (exact) mass is 1310 g/mol. The second kappa shape index (κ2) is 52.5. The van der Waals surface area contributed by atoms with Crippen LogP contribution < -0.4 is 28.7 Å². The largest absolute Gasteiger partial charge is 2.00 e. The summed E-state index contributed by atoms with van der Waals surface area (Å²) in [7, 11) is 0. The van der Waals surface area contributed by atoms with Gasteiger partial charge in [0, 0.05) is 22.9 Å². The van der Waals surface area contributed by atoms with Gasteiger partial charge in [-0.1, -0.05) is 278 Å². The van der Waals surface area contributed by atoms with Crippen LogP contribution in [0.5, 0.6) is 23.0 Å². The molecule has 4 aromatic carbocycles. The average Bonchev–Trinajstić information content (AvgIpc) is 3.50. The fraction of sp³-hybridized carbons (Fsp3) is 0.647. The van der Waals surface area contributed by atoms with Gasteiger partial charge < -0.3 is 37.8 Å². The average molecular weight is 1310 g/mol. The summed E-state index contributed by atoms with van der Waals surface area (Å²) < 4.78 is 36.9. The third-order valence-corrected chi connectivity index (χ3v) is 22.9. The van der Waals surface area contributed by atoms with E-state index in [1.54, 1.807) is 0 Å². The molecular weight excluding hydrogens is 1200 g/mol. The molecule has 0 aliphatic rings. The van der Waals surface area contributed by atoms with Crippen molar-refractivity contribution in [3.05, 3.63) is 121 Å². The van der Waals surface area contributed by atoms with E-state index in [2.05, 4.69) is 27.7 Å². The SMILES string of the molecule is CCCCCCCCCC(COP([O-])(=S)SCC(CCCCCCCCC)Oc1ccccc1)Oc1ccccc1.CCCCCCCCCC(COP([O-])(=S)SCC(CCCCCCCCC)Oc1ccccc1)Oc1ccccc1.[Zn+2]. The Morgan fingerprint density at radius 3 is 0.771 bits per heavy atom.